The largest absolute Gasteiger partial charge is 0.392 e. The Balaban J connectivity index is 1.38. The Bertz CT molecular complexity index is 1020. The molecule has 0 spiro atoms. The second-order valence-electron chi connectivity index (χ2n) is 10.7. The molecule has 4 heteroatoms. The third kappa shape index (κ3) is 3.58. The summed E-state index contributed by atoms with van der Waals surface area (Å²) >= 11 is 0. The minimum Gasteiger partial charge on any atom is -0.392 e. The first-order valence-electron chi connectivity index (χ1n) is 12.2. The zero-order chi connectivity index (χ0) is 22.5. The van der Waals surface area contributed by atoms with Crippen LogP contribution in [0.1, 0.15) is 71.1 Å². The number of aliphatic hydroxyl groups excluding tert-OH is 1. The van der Waals surface area contributed by atoms with Crippen LogP contribution in [0.2, 0.25) is 0 Å². The molecule has 0 saturated heterocycles. The fourth-order valence-electron chi connectivity index (χ4n) is 7.45. The van der Waals surface area contributed by atoms with Gasteiger partial charge in [-0.05, 0) is 109 Å². The van der Waals surface area contributed by atoms with Crippen LogP contribution in [0, 0.1) is 23.2 Å². The number of aliphatic hydroxyl groups is 1. The average molecular weight is 433 g/mol. The van der Waals surface area contributed by atoms with Gasteiger partial charge in [-0.2, -0.15) is 0 Å². The van der Waals surface area contributed by atoms with Gasteiger partial charge in [0.2, 0.25) is 5.91 Å². The smallest absolute Gasteiger partial charge is 0.248 e. The number of nitrogens with one attached hydrogen (secondary N) is 1. The fourth-order valence-corrected chi connectivity index (χ4v) is 7.45. The number of benzene rings is 2. The van der Waals surface area contributed by atoms with E-state index in [0.29, 0.717) is 23.3 Å². The number of primary amides is 1. The molecule has 2 fully saturated rings. The van der Waals surface area contributed by atoms with E-state index in [9.17, 15) is 9.90 Å². The highest BCUT2D eigenvalue weighted by Gasteiger charge is 2.57. The first kappa shape index (κ1) is 21.7. The quantitative estimate of drug-likeness (QED) is 0.663. The molecule has 0 radical (unpaired) electrons. The van der Waals surface area contributed by atoms with Crippen molar-refractivity contribution >= 4 is 5.91 Å². The van der Waals surface area contributed by atoms with Crippen molar-refractivity contribution < 1.29 is 9.90 Å². The molecule has 5 rings (SSSR count). The highest BCUT2D eigenvalue weighted by molar-refractivity contribution is 5.92. The summed E-state index contributed by atoms with van der Waals surface area (Å²) in [6.07, 6.45) is 6.26. The highest BCUT2D eigenvalue weighted by Crippen LogP contribution is 2.62. The van der Waals surface area contributed by atoms with E-state index in [0.717, 1.165) is 37.8 Å². The van der Waals surface area contributed by atoms with Crippen LogP contribution in [-0.4, -0.2) is 24.2 Å². The van der Waals surface area contributed by atoms with E-state index in [1.165, 1.54) is 18.4 Å². The van der Waals surface area contributed by atoms with E-state index in [4.69, 9.17) is 5.73 Å². The maximum Gasteiger partial charge on any atom is 0.248 e. The molecule has 2 aromatic carbocycles. The van der Waals surface area contributed by atoms with E-state index < -0.39 is 0 Å². The zero-order valence-corrected chi connectivity index (χ0v) is 19.3. The predicted octanol–water partition coefficient (Wildman–Crippen LogP) is 4.19. The van der Waals surface area contributed by atoms with Gasteiger partial charge in [0.15, 0.2) is 0 Å². The molecule has 0 heterocycles. The van der Waals surface area contributed by atoms with Crippen molar-refractivity contribution in [2.75, 3.05) is 7.05 Å². The van der Waals surface area contributed by atoms with Crippen LogP contribution >= 0.6 is 0 Å². The summed E-state index contributed by atoms with van der Waals surface area (Å²) in [5.74, 6) is 1.70. The molecule has 0 unspecified atom stereocenters. The van der Waals surface area contributed by atoms with E-state index in [1.54, 1.807) is 17.2 Å². The first-order chi connectivity index (χ1) is 15.4. The summed E-state index contributed by atoms with van der Waals surface area (Å²) in [5.41, 5.74) is 11.6. The molecule has 0 bridgehead atoms. The van der Waals surface area contributed by atoms with E-state index in [2.05, 4.69) is 36.5 Å². The van der Waals surface area contributed by atoms with Crippen LogP contribution in [0.4, 0.5) is 0 Å². The lowest BCUT2D eigenvalue weighted by molar-refractivity contribution is -0.0325. The van der Waals surface area contributed by atoms with Crippen molar-refractivity contribution in [3.63, 3.8) is 0 Å². The minimum absolute atomic E-state index is 0.00327. The number of aryl methyl sites for hydroxylation is 1. The zero-order valence-electron chi connectivity index (χ0n) is 19.3. The van der Waals surface area contributed by atoms with Gasteiger partial charge in [-0.3, -0.25) is 4.79 Å². The van der Waals surface area contributed by atoms with E-state index >= 15 is 0 Å². The minimum atomic E-state index is -0.388. The van der Waals surface area contributed by atoms with Gasteiger partial charge < -0.3 is 16.2 Å². The second-order valence-corrected chi connectivity index (χ2v) is 10.7. The van der Waals surface area contributed by atoms with Gasteiger partial charge in [0.1, 0.15) is 0 Å². The Morgan fingerprint density at radius 2 is 2.03 bits per heavy atom. The lowest BCUT2D eigenvalue weighted by Gasteiger charge is -2.50. The van der Waals surface area contributed by atoms with Gasteiger partial charge >= 0.3 is 0 Å². The maximum absolute atomic E-state index is 11.6. The summed E-state index contributed by atoms with van der Waals surface area (Å²) in [4.78, 5) is 11.6. The third-order valence-corrected chi connectivity index (χ3v) is 9.00. The number of fused-ring (bicyclic) bond motifs is 5. The van der Waals surface area contributed by atoms with Crippen molar-refractivity contribution in [2.24, 2.45) is 28.9 Å². The van der Waals surface area contributed by atoms with Crippen LogP contribution in [-0.2, 0) is 19.4 Å². The average Bonchev–Trinajstić information content (AvgIpc) is 3.04. The molecule has 1 amide bonds. The summed E-state index contributed by atoms with van der Waals surface area (Å²) in [6.45, 7) is 3.26. The number of nitrogens with two attached hydrogens (primary N) is 1. The molecule has 6 atom stereocenters. The number of hydrogen-bond acceptors (Lipinski definition) is 3. The molecule has 3 aliphatic rings. The number of rotatable bonds is 5. The molecule has 3 aliphatic carbocycles. The van der Waals surface area contributed by atoms with E-state index in [-0.39, 0.29) is 23.3 Å². The molecular formula is C28H36N2O2. The van der Waals surface area contributed by atoms with E-state index in [1.807, 2.05) is 19.2 Å². The first-order valence-corrected chi connectivity index (χ1v) is 12.2. The number of carbonyl (C=O) groups excluding carboxylic acids is 1. The van der Waals surface area contributed by atoms with Gasteiger partial charge in [0, 0.05) is 12.1 Å². The van der Waals surface area contributed by atoms with Gasteiger partial charge in [-0.15, -0.1) is 0 Å². The summed E-state index contributed by atoms with van der Waals surface area (Å²) in [6, 6.07) is 14.7. The molecule has 2 saturated carbocycles. The van der Waals surface area contributed by atoms with Crippen LogP contribution in [0.3, 0.4) is 0 Å². The normalized spacial score (nSPS) is 33.3. The molecule has 32 heavy (non-hydrogen) atoms. The highest BCUT2D eigenvalue weighted by atomic mass is 16.3. The monoisotopic (exact) mass is 432 g/mol. The van der Waals surface area contributed by atoms with Gasteiger partial charge in [0.25, 0.3) is 0 Å². The number of amides is 1. The summed E-state index contributed by atoms with van der Waals surface area (Å²) in [7, 11) is 2.00. The van der Waals surface area contributed by atoms with Crippen LogP contribution in [0.5, 0.6) is 0 Å². The Morgan fingerprint density at radius 1 is 1.19 bits per heavy atom. The molecule has 0 aromatic heterocycles. The lowest BCUT2D eigenvalue weighted by Crippen LogP contribution is -2.44. The van der Waals surface area contributed by atoms with Crippen molar-refractivity contribution in [3.8, 4) is 0 Å². The third-order valence-electron chi connectivity index (χ3n) is 9.00. The fraction of sp³-hybridized carbons (Fsp3) is 0.536. The molecular weight excluding hydrogens is 396 g/mol. The maximum atomic E-state index is 11.6. The van der Waals surface area contributed by atoms with Gasteiger partial charge in [0.05, 0.1) is 6.10 Å². The molecule has 170 valence electrons. The number of carbonyl (C=O) groups is 1. The molecule has 4 nitrogen and oxygen atoms in total. The summed E-state index contributed by atoms with van der Waals surface area (Å²) in [5, 5.41) is 14.7. The van der Waals surface area contributed by atoms with Crippen molar-refractivity contribution in [2.45, 2.75) is 64.0 Å². The Labute approximate surface area is 191 Å². The lowest BCUT2D eigenvalue weighted by atomic mass is 9.55. The van der Waals surface area contributed by atoms with Crippen molar-refractivity contribution in [3.05, 3.63) is 70.3 Å². The Morgan fingerprint density at radius 3 is 2.81 bits per heavy atom. The van der Waals surface area contributed by atoms with Crippen LogP contribution in [0.15, 0.2) is 42.5 Å². The topological polar surface area (TPSA) is 75.3 Å². The number of hydrogen-bond donors (Lipinski definition) is 3. The molecule has 2 aromatic rings. The van der Waals surface area contributed by atoms with Crippen molar-refractivity contribution in [1.82, 2.24) is 5.32 Å². The molecule has 4 N–H and O–H groups in total. The Kier molecular flexibility index (Phi) is 5.63. The standard InChI is InChI=1S/C28H36N2O2/c1-28-11-10-23-22-8-6-18(16-30-2)14-19(22)7-9-24(23)25(28)15-21(26(28)31)13-17-4-3-5-20(12-17)27(29)32/h3-6,8,12,14,21,23-26,30-31H,7,9-11,13,15-16H2,1-2H3,(H2,29,32)/t21-,23+,24+,25-,26-,28-/m0/s1. The summed E-state index contributed by atoms with van der Waals surface area (Å²) < 4.78 is 0. The van der Waals surface area contributed by atoms with Crippen LogP contribution < -0.4 is 11.1 Å². The van der Waals surface area contributed by atoms with Gasteiger partial charge in [-0.1, -0.05) is 37.3 Å². The van der Waals surface area contributed by atoms with Gasteiger partial charge in [-0.25, -0.2) is 0 Å². The Hall–Kier alpha value is -2.17. The SMILES string of the molecule is CNCc1ccc2c(c1)CC[C@@H]1[C@@H]2CC[C@]2(C)[C@@H](O)[C@@H](Cc3cccc(C(N)=O)c3)C[C@@H]12. The molecule has 0 aliphatic heterocycles. The second kappa shape index (κ2) is 8.31. The predicted molar refractivity (Wildman–Crippen MR) is 127 cm³/mol. The van der Waals surface area contributed by atoms with Crippen molar-refractivity contribution in [1.29, 1.82) is 0 Å². The van der Waals surface area contributed by atoms with Crippen LogP contribution in [0.25, 0.3) is 0 Å².